The summed E-state index contributed by atoms with van der Waals surface area (Å²) >= 11 is 0. The number of hydrogen-bond donors (Lipinski definition) is 3. The molecule has 3 N–H and O–H groups in total. The van der Waals surface area contributed by atoms with Crippen molar-refractivity contribution in [3.8, 4) is 0 Å². The lowest BCUT2D eigenvalue weighted by molar-refractivity contribution is -0.150. The number of carbonyl (C=O) groups is 3. The van der Waals surface area contributed by atoms with Gasteiger partial charge in [0.25, 0.3) is 11.8 Å². The molecular formula is C21H20FN3O4. The fourth-order valence-corrected chi connectivity index (χ4v) is 2.87. The molecule has 3 rings (SSSR count). The largest absolute Gasteiger partial charge is 0.454 e. The third-order valence-electron chi connectivity index (χ3n) is 4.42. The van der Waals surface area contributed by atoms with Crippen LogP contribution < -0.4 is 10.6 Å². The SMILES string of the molecule is CNC(=O)COC(=O)[C@H](Cc1c[nH]c2ccccc12)NC(=O)c1ccc(F)cc1. The molecule has 0 radical (unpaired) electrons. The molecule has 1 atom stereocenters. The Hall–Kier alpha value is -3.68. The molecular weight excluding hydrogens is 377 g/mol. The fraction of sp³-hybridized carbons (Fsp3) is 0.190. The van der Waals surface area contributed by atoms with E-state index in [0.29, 0.717) is 0 Å². The summed E-state index contributed by atoms with van der Waals surface area (Å²) in [6, 6.07) is 11.5. The van der Waals surface area contributed by atoms with Crippen LogP contribution in [0.1, 0.15) is 15.9 Å². The van der Waals surface area contributed by atoms with E-state index in [2.05, 4.69) is 15.6 Å². The van der Waals surface area contributed by atoms with Crippen molar-refractivity contribution in [2.24, 2.45) is 0 Å². The van der Waals surface area contributed by atoms with Crippen LogP contribution in [-0.2, 0) is 20.7 Å². The average Bonchev–Trinajstić information content (AvgIpc) is 3.14. The number of hydrogen-bond acceptors (Lipinski definition) is 4. The number of amides is 2. The van der Waals surface area contributed by atoms with Gasteiger partial charge in [-0.2, -0.15) is 0 Å². The molecule has 0 bridgehead atoms. The molecule has 3 aromatic rings. The molecule has 0 fully saturated rings. The van der Waals surface area contributed by atoms with E-state index in [1.54, 1.807) is 6.20 Å². The van der Waals surface area contributed by atoms with Gasteiger partial charge in [0.2, 0.25) is 0 Å². The molecule has 7 nitrogen and oxygen atoms in total. The van der Waals surface area contributed by atoms with E-state index in [9.17, 15) is 18.8 Å². The summed E-state index contributed by atoms with van der Waals surface area (Å²) in [6.45, 7) is -0.452. The van der Waals surface area contributed by atoms with Gasteiger partial charge in [-0.1, -0.05) is 18.2 Å². The molecule has 29 heavy (non-hydrogen) atoms. The Morgan fingerprint density at radius 3 is 2.55 bits per heavy atom. The zero-order valence-corrected chi connectivity index (χ0v) is 15.7. The number of ether oxygens (including phenoxy) is 1. The number of nitrogens with one attached hydrogen (secondary N) is 3. The van der Waals surface area contributed by atoms with Crippen LogP contribution in [0.15, 0.2) is 54.7 Å². The summed E-state index contributed by atoms with van der Waals surface area (Å²) in [5, 5.41) is 5.88. The molecule has 0 aliphatic carbocycles. The fourth-order valence-electron chi connectivity index (χ4n) is 2.87. The second-order valence-corrected chi connectivity index (χ2v) is 6.38. The Morgan fingerprint density at radius 1 is 1.10 bits per heavy atom. The Morgan fingerprint density at radius 2 is 1.83 bits per heavy atom. The second kappa shape index (κ2) is 9.01. The van der Waals surface area contributed by atoms with Crippen molar-refractivity contribution >= 4 is 28.7 Å². The first-order valence-corrected chi connectivity index (χ1v) is 8.96. The van der Waals surface area contributed by atoms with Crippen molar-refractivity contribution in [2.75, 3.05) is 13.7 Å². The van der Waals surface area contributed by atoms with E-state index < -0.39 is 36.2 Å². The number of carbonyl (C=O) groups excluding carboxylic acids is 3. The molecule has 2 aromatic carbocycles. The van der Waals surface area contributed by atoms with Crippen LogP contribution in [0.4, 0.5) is 4.39 Å². The van der Waals surface area contributed by atoms with Crippen molar-refractivity contribution < 1.29 is 23.5 Å². The van der Waals surface area contributed by atoms with Gasteiger partial charge in [-0.15, -0.1) is 0 Å². The predicted octanol–water partition coefficient (Wildman–Crippen LogP) is 1.94. The van der Waals surface area contributed by atoms with Gasteiger partial charge in [0.15, 0.2) is 6.61 Å². The highest BCUT2D eigenvalue weighted by molar-refractivity contribution is 5.97. The molecule has 0 saturated carbocycles. The number of esters is 1. The molecule has 0 aliphatic rings. The first-order valence-electron chi connectivity index (χ1n) is 8.96. The topological polar surface area (TPSA) is 100 Å². The molecule has 1 heterocycles. The number of para-hydroxylation sites is 1. The molecule has 1 aromatic heterocycles. The number of benzene rings is 2. The summed E-state index contributed by atoms with van der Waals surface area (Å²) in [5.74, 6) is -2.22. The maximum Gasteiger partial charge on any atom is 0.329 e. The Kier molecular flexibility index (Phi) is 6.23. The average molecular weight is 397 g/mol. The third kappa shape index (κ3) is 4.98. The number of halogens is 1. The Balaban J connectivity index is 1.80. The van der Waals surface area contributed by atoms with Crippen LogP contribution >= 0.6 is 0 Å². The zero-order chi connectivity index (χ0) is 20.8. The van der Waals surface area contributed by atoms with Crippen molar-refractivity contribution in [3.63, 3.8) is 0 Å². The maximum atomic E-state index is 13.1. The first kappa shape index (κ1) is 20.1. The molecule has 8 heteroatoms. The van der Waals surface area contributed by atoms with E-state index >= 15 is 0 Å². The van der Waals surface area contributed by atoms with Crippen molar-refractivity contribution in [3.05, 3.63) is 71.7 Å². The van der Waals surface area contributed by atoms with Gasteiger partial charge < -0.3 is 20.4 Å². The lowest BCUT2D eigenvalue weighted by Gasteiger charge is -2.17. The molecule has 2 amide bonds. The van der Waals surface area contributed by atoms with E-state index in [1.165, 1.54) is 19.2 Å². The minimum absolute atomic E-state index is 0.156. The van der Waals surface area contributed by atoms with Crippen LogP contribution in [-0.4, -0.2) is 42.5 Å². The first-order chi connectivity index (χ1) is 14.0. The van der Waals surface area contributed by atoms with Crippen LogP contribution in [0.3, 0.4) is 0 Å². The number of likely N-dealkylation sites (N-methyl/N-ethyl adjacent to an activating group) is 1. The Labute approximate surface area is 166 Å². The van der Waals surface area contributed by atoms with Crippen LogP contribution in [0, 0.1) is 5.82 Å². The van der Waals surface area contributed by atoms with Crippen molar-refractivity contribution in [2.45, 2.75) is 12.5 Å². The summed E-state index contributed by atoms with van der Waals surface area (Å²) in [4.78, 5) is 39.6. The molecule has 0 spiro atoms. The predicted molar refractivity (Wildman–Crippen MR) is 105 cm³/mol. The third-order valence-corrected chi connectivity index (χ3v) is 4.42. The summed E-state index contributed by atoms with van der Waals surface area (Å²) in [6.07, 6.45) is 1.91. The standard InChI is InChI=1S/C21H20FN3O4/c1-23-19(26)12-29-21(28)18(25-20(27)13-6-8-15(22)9-7-13)10-14-11-24-17-5-3-2-4-16(14)17/h2-9,11,18,24H,10,12H2,1H3,(H,23,26)(H,25,27)/t18-/m0/s1. The lowest BCUT2D eigenvalue weighted by Crippen LogP contribution is -2.44. The highest BCUT2D eigenvalue weighted by Gasteiger charge is 2.25. The monoisotopic (exact) mass is 397 g/mol. The van der Waals surface area contributed by atoms with Gasteiger partial charge >= 0.3 is 5.97 Å². The van der Waals surface area contributed by atoms with E-state index in [4.69, 9.17) is 4.74 Å². The minimum atomic E-state index is -1.03. The van der Waals surface area contributed by atoms with E-state index in [1.807, 2.05) is 24.3 Å². The van der Waals surface area contributed by atoms with Gasteiger partial charge in [0.05, 0.1) is 0 Å². The number of aromatic amines is 1. The number of fused-ring (bicyclic) bond motifs is 1. The normalized spacial score (nSPS) is 11.7. The minimum Gasteiger partial charge on any atom is -0.454 e. The molecule has 0 aliphatic heterocycles. The number of rotatable bonds is 7. The lowest BCUT2D eigenvalue weighted by atomic mass is 10.0. The number of aromatic nitrogens is 1. The van der Waals surface area contributed by atoms with Crippen LogP contribution in [0.2, 0.25) is 0 Å². The molecule has 150 valence electrons. The number of H-pyrrole nitrogens is 1. The zero-order valence-electron chi connectivity index (χ0n) is 15.7. The van der Waals surface area contributed by atoms with E-state index in [0.717, 1.165) is 28.6 Å². The van der Waals surface area contributed by atoms with Crippen molar-refractivity contribution in [1.82, 2.24) is 15.6 Å². The van der Waals surface area contributed by atoms with Gasteiger partial charge in [0, 0.05) is 36.1 Å². The van der Waals surface area contributed by atoms with Crippen molar-refractivity contribution in [1.29, 1.82) is 0 Å². The summed E-state index contributed by atoms with van der Waals surface area (Å²) in [7, 11) is 1.43. The van der Waals surface area contributed by atoms with Gasteiger partial charge in [-0.05, 0) is 35.9 Å². The van der Waals surface area contributed by atoms with Crippen LogP contribution in [0.25, 0.3) is 10.9 Å². The smallest absolute Gasteiger partial charge is 0.329 e. The summed E-state index contributed by atoms with van der Waals surface area (Å²) < 4.78 is 18.1. The van der Waals surface area contributed by atoms with E-state index in [-0.39, 0.29) is 12.0 Å². The Bertz CT molecular complexity index is 1030. The maximum absolute atomic E-state index is 13.1. The second-order valence-electron chi connectivity index (χ2n) is 6.38. The highest BCUT2D eigenvalue weighted by Crippen LogP contribution is 2.19. The highest BCUT2D eigenvalue weighted by atomic mass is 19.1. The van der Waals surface area contributed by atoms with Gasteiger partial charge in [-0.3, -0.25) is 9.59 Å². The van der Waals surface area contributed by atoms with Gasteiger partial charge in [-0.25, -0.2) is 9.18 Å². The van der Waals surface area contributed by atoms with Crippen LogP contribution in [0.5, 0.6) is 0 Å². The summed E-state index contributed by atoms with van der Waals surface area (Å²) in [5.41, 5.74) is 1.90. The molecule has 0 saturated heterocycles. The quantitative estimate of drug-likeness (QED) is 0.531. The molecule has 0 unspecified atom stereocenters. The van der Waals surface area contributed by atoms with Gasteiger partial charge in [0.1, 0.15) is 11.9 Å².